The summed E-state index contributed by atoms with van der Waals surface area (Å²) in [7, 11) is 0. The third-order valence-corrected chi connectivity index (χ3v) is 2.47. The fourth-order valence-corrected chi connectivity index (χ4v) is 1.84. The van der Waals surface area contributed by atoms with E-state index in [1.165, 1.54) is 0 Å². The van der Waals surface area contributed by atoms with E-state index in [0.29, 0.717) is 11.5 Å². The maximum absolute atomic E-state index is 9.93. The van der Waals surface area contributed by atoms with Crippen molar-refractivity contribution in [1.29, 1.82) is 0 Å². The molecule has 3 nitrogen and oxygen atoms in total. The highest BCUT2D eigenvalue weighted by Crippen LogP contribution is 2.42. The summed E-state index contributed by atoms with van der Waals surface area (Å²) in [6, 6.07) is 0.399. The van der Waals surface area contributed by atoms with Gasteiger partial charge in [-0.25, -0.2) is 0 Å². The molecule has 0 aromatic rings. The summed E-state index contributed by atoms with van der Waals surface area (Å²) >= 11 is 0. The topological polar surface area (TPSA) is 55.1 Å². The zero-order valence-corrected chi connectivity index (χ0v) is 6.97. The second-order valence-corrected chi connectivity index (χ2v) is 3.80. The first-order valence-corrected chi connectivity index (χ1v) is 4.09. The maximum Gasteiger partial charge on any atom is 0.207 e. The molecule has 1 rings (SSSR count). The smallest absolute Gasteiger partial charge is 0.207 e. The van der Waals surface area contributed by atoms with Gasteiger partial charge in [-0.3, -0.25) is 4.79 Å². The van der Waals surface area contributed by atoms with Gasteiger partial charge in [-0.1, -0.05) is 6.92 Å². The minimum atomic E-state index is 0.398. The number of carbonyl (C=O) groups excluding carboxylic acids is 1. The number of hydrogen-bond acceptors (Lipinski definition) is 2. The van der Waals surface area contributed by atoms with E-state index in [9.17, 15) is 4.79 Å². The summed E-state index contributed by atoms with van der Waals surface area (Å²) < 4.78 is 0. The quantitative estimate of drug-likeness (QED) is 0.453. The molecule has 3 N–H and O–H groups in total. The molecule has 0 radical (unpaired) electrons. The van der Waals surface area contributed by atoms with E-state index in [1.807, 2.05) is 0 Å². The molecule has 0 bridgehead atoms. The van der Waals surface area contributed by atoms with Crippen LogP contribution in [0.5, 0.6) is 0 Å². The Morgan fingerprint density at radius 1 is 1.73 bits per heavy atom. The average molecular weight is 156 g/mol. The fraction of sp³-hybridized carbons (Fsp3) is 0.875. The first-order valence-electron chi connectivity index (χ1n) is 4.09. The van der Waals surface area contributed by atoms with Crippen LogP contribution in [-0.4, -0.2) is 19.0 Å². The Morgan fingerprint density at radius 3 is 2.82 bits per heavy atom. The standard InChI is InChI=1S/C8H16N2O/c1-8(2-3-10-6-11)4-7(9)5-8/h6-7H,2-5,9H2,1H3,(H,10,11). The van der Waals surface area contributed by atoms with Crippen molar-refractivity contribution in [2.45, 2.75) is 32.2 Å². The van der Waals surface area contributed by atoms with Gasteiger partial charge in [-0.15, -0.1) is 0 Å². The van der Waals surface area contributed by atoms with Crippen LogP contribution >= 0.6 is 0 Å². The van der Waals surface area contributed by atoms with E-state index < -0.39 is 0 Å². The Morgan fingerprint density at radius 2 is 2.36 bits per heavy atom. The molecule has 11 heavy (non-hydrogen) atoms. The molecule has 0 spiro atoms. The molecule has 0 heterocycles. The van der Waals surface area contributed by atoms with E-state index in [0.717, 1.165) is 32.2 Å². The van der Waals surface area contributed by atoms with E-state index in [2.05, 4.69) is 12.2 Å². The van der Waals surface area contributed by atoms with Gasteiger partial charge in [0.15, 0.2) is 0 Å². The normalized spacial score (nSPS) is 36.0. The summed E-state index contributed by atoms with van der Waals surface area (Å²) in [6.07, 6.45) is 4.02. The highest BCUT2D eigenvalue weighted by Gasteiger charge is 2.37. The van der Waals surface area contributed by atoms with Gasteiger partial charge in [-0.2, -0.15) is 0 Å². The van der Waals surface area contributed by atoms with Crippen LogP contribution in [0.2, 0.25) is 0 Å². The van der Waals surface area contributed by atoms with E-state index >= 15 is 0 Å². The van der Waals surface area contributed by atoms with Crippen LogP contribution in [0.25, 0.3) is 0 Å². The maximum atomic E-state index is 9.93. The van der Waals surface area contributed by atoms with Crippen molar-refractivity contribution >= 4 is 6.41 Å². The third-order valence-electron chi connectivity index (χ3n) is 2.47. The van der Waals surface area contributed by atoms with Crippen LogP contribution in [-0.2, 0) is 4.79 Å². The lowest BCUT2D eigenvalue weighted by molar-refractivity contribution is -0.109. The predicted octanol–water partition coefficient (Wildman–Crippen LogP) is 0.250. The molecule has 0 unspecified atom stereocenters. The second kappa shape index (κ2) is 3.22. The molecule has 0 saturated heterocycles. The molecule has 1 aliphatic carbocycles. The van der Waals surface area contributed by atoms with Crippen LogP contribution in [0.15, 0.2) is 0 Å². The summed E-state index contributed by atoms with van der Waals surface area (Å²) in [5.41, 5.74) is 6.07. The first kappa shape index (κ1) is 8.53. The van der Waals surface area contributed by atoms with Crippen molar-refractivity contribution in [3.63, 3.8) is 0 Å². The Bertz CT molecular complexity index is 141. The largest absolute Gasteiger partial charge is 0.359 e. The van der Waals surface area contributed by atoms with Crippen LogP contribution < -0.4 is 11.1 Å². The van der Waals surface area contributed by atoms with Crippen molar-refractivity contribution in [1.82, 2.24) is 5.32 Å². The highest BCUT2D eigenvalue weighted by atomic mass is 16.1. The van der Waals surface area contributed by atoms with Gasteiger partial charge in [0, 0.05) is 12.6 Å². The number of nitrogens with two attached hydrogens (primary N) is 1. The number of nitrogens with one attached hydrogen (secondary N) is 1. The van der Waals surface area contributed by atoms with Crippen LogP contribution in [0.3, 0.4) is 0 Å². The van der Waals surface area contributed by atoms with Crippen LogP contribution in [0, 0.1) is 5.41 Å². The molecule has 1 fully saturated rings. The van der Waals surface area contributed by atoms with Crippen molar-refractivity contribution in [2.24, 2.45) is 11.1 Å². The molecule has 1 saturated carbocycles. The molecule has 0 aromatic heterocycles. The molecule has 0 aliphatic heterocycles. The molecule has 1 aliphatic rings. The molecule has 3 heteroatoms. The summed E-state index contributed by atoms with van der Waals surface area (Å²) in [4.78, 5) is 9.93. The lowest BCUT2D eigenvalue weighted by Gasteiger charge is -2.43. The van der Waals surface area contributed by atoms with Gasteiger partial charge in [-0.05, 0) is 24.7 Å². The van der Waals surface area contributed by atoms with Gasteiger partial charge < -0.3 is 11.1 Å². The van der Waals surface area contributed by atoms with Crippen LogP contribution in [0.4, 0.5) is 0 Å². The van der Waals surface area contributed by atoms with E-state index in [4.69, 9.17) is 5.73 Å². The number of rotatable bonds is 4. The molecule has 1 amide bonds. The van der Waals surface area contributed by atoms with E-state index in [-0.39, 0.29) is 0 Å². The lowest BCUT2D eigenvalue weighted by atomic mass is 9.65. The monoisotopic (exact) mass is 156 g/mol. The van der Waals surface area contributed by atoms with Gasteiger partial charge in [0.1, 0.15) is 0 Å². The van der Waals surface area contributed by atoms with Gasteiger partial charge in [0.05, 0.1) is 0 Å². The predicted molar refractivity (Wildman–Crippen MR) is 44.0 cm³/mol. The zero-order valence-electron chi connectivity index (χ0n) is 6.97. The molecule has 0 aromatic carbocycles. The van der Waals surface area contributed by atoms with E-state index in [1.54, 1.807) is 0 Å². The molecular weight excluding hydrogens is 140 g/mol. The van der Waals surface area contributed by atoms with Gasteiger partial charge in [0.25, 0.3) is 0 Å². The Balaban J connectivity index is 2.11. The lowest BCUT2D eigenvalue weighted by Crippen LogP contribution is -2.45. The Labute approximate surface area is 67.3 Å². The van der Waals surface area contributed by atoms with Crippen molar-refractivity contribution in [3.8, 4) is 0 Å². The molecular formula is C8H16N2O. The average Bonchev–Trinajstić information content (AvgIpc) is 1.85. The Kier molecular flexibility index (Phi) is 2.49. The van der Waals surface area contributed by atoms with Gasteiger partial charge >= 0.3 is 0 Å². The number of carbonyl (C=O) groups is 1. The fourth-order valence-electron chi connectivity index (χ4n) is 1.84. The number of hydrogen-bond donors (Lipinski definition) is 2. The molecule has 0 atom stereocenters. The van der Waals surface area contributed by atoms with Crippen molar-refractivity contribution < 1.29 is 4.79 Å². The summed E-state index contributed by atoms with van der Waals surface area (Å²) in [5.74, 6) is 0. The zero-order chi connectivity index (χ0) is 8.32. The number of amides is 1. The van der Waals surface area contributed by atoms with Crippen LogP contribution in [0.1, 0.15) is 26.2 Å². The summed E-state index contributed by atoms with van der Waals surface area (Å²) in [6.45, 7) is 3.01. The highest BCUT2D eigenvalue weighted by molar-refractivity contribution is 5.45. The van der Waals surface area contributed by atoms with Gasteiger partial charge in [0.2, 0.25) is 6.41 Å². The third kappa shape index (κ3) is 2.19. The SMILES string of the molecule is CC1(CCNC=O)CC(N)C1. The minimum absolute atomic E-state index is 0.398. The van der Waals surface area contributed by atoms with Crippen molar-refractivity contribution in [3.05, 3.63) is 0 Å². The van der Waals surface area contributed by atoms with Crippen molar-refractivity contribution in [2.75, 3.05) is 6.54 Å². The minimum Gasteiger partial charge on any atom is -0.359 e. The second-order valence-electron chi connectivity index (χ2n) is 3.80. The summed E-state index contributed by atoms with van der Waals surface area (Å²) in [5, 5.41) is 2.67. The first-order chi connectivity index (χ1) is 5.16. The Hall–Kier alpha value is -0.570. The molecule has 64 valence electrons.